The minimum Gasteiger partial charge on any atom is -0.465 e. The van der Waals surface area contributed by atoms with E-state index in [0.29, 0.717) is 10.9 Å². The van der Waals surface area contributed by atoms with Crippen molar-refractivity contribution in [3.8, 4) is 0 Å². The Kier molecular flexibility index (Phi) is 2.85. The molecule has 1 aromatic heterocycles. The molecular weight excluding hydrogens is 237 g/mol. The largest absolute Gasteiger partial charge is 0.465 e. The van der Waals surface area contributed by atoms with Crippen LogP contribution in [-0.2, 0) is 4.74 Å². The molecular formula is C10H9Cl2NO2. The van der Waals surface area contributed by atoms with Crippen molar-refractivity contribution in [3.05, 3.63) is 27.5 Å². The number of aromatic nitrogens is 1. The highest BCUT2D eigenvalue weighted by molar-refractivity contribution is 6.34. The fourth-order valence-corrected chi connectivity index (χ4v) is 1.90. The van der Waals surface area contributed by atoms with Gasteiger partial charge in [0.15, 0.2) is 0 Å². The average molecular weight is 246 g/mol. The average Bonchev–Trinajstić information content (AvgIpc) is 3.03. The molecule has 0 radical (unpaired) electrons. The van der Waals surface area contributed by atoms with Gasteiger partial charge < -0.3 is 4.74 Å². The van der Waals surface area contributed by atoms with Gasteiger partial charge in [-0.25, -0.2) is 9.78 Å². The van der Waals surface area contributed by atoms with Crippen LogP contribution < -0.4 is 0 Å². The van der Waals surface area contributed by atoms with Crippen LogP contribution in [0.15, 0.2) is 6.07 Å². The molecule has 5 heteroatoms. The van der Waals surface area contributed by atoms with Gasteiger partial charge in [-0.1, -0.05) is 23.2 Å². The van der Waals surface area contributed by atoms with E-state index in [1.165, 1.54) is 13.2 Å². The molecule has 1 aliphatic rings. The van der Waals surface area contributed by atoms with E-state index < -0.39 is 5.97 Å². The summed E-state index contributed by atoms with van der Waals surface area (Å²) in [5.41, 5.74) is 1.00. The van der Waals surface area contributed by atoms with Crippen LogP contribution in [0.1, 0.15) is 34.8 Å². The van der Waals surface area contributed by atoms with Crippen molar-refractivity contribution in [2.75, 3.05) is 7.11 Å². The van der Waals surface area contributed by atoms with Gasteiger partial charge in [-0.15, -0.1) is 0 Å². The number of ether oxygens (including phenoxy) is 1. The highest BCUT2D eigenvalue weighted by Crippen LogP contribution is 2.43. The summed E-state index contributed by atoms with van der Waals surface area (Å²) in [7, 11) is 1.29. The molecule has 0 saturated heterocycles. The SMILES string of the molecule is COC(=O)c1cc(Cl)c(C2CC2)nc1Cl. The molecule has 0 aromatic carbocycles. The topological polar surface area (TPSA) is 39.2 Å². The molecule has 0 bridgehead atoms. The Bertz CT molecular complexity index is 416. The first-order valence-corrected chi connectivity index (χ1v) is 5.33. The van der Waals surface area contributed by atoms with Gasteiger partial charge in [0.05, 0.1) is 23.4 Å². The number of halogens is 2. The maximum absolute atomic E-state index is 11.3. The zero-order chi connectivity index (χ0) is 11.0. The smallest absolute Gasteiger partial charge is 0.341 e. The molecule has 1 saturated carbocycles. The summed E-state index contributed by atoms with van der Waals surface area (Å²) in [6.45, 7) is 0. The van der Waals surface area contributed by atoms with Crippen LogP contribution in [0.2, 0.25) is 10.2 Å². The third kappa shape index (κ3) is 2.08. The Labute approximate surface area is 97.4 Å². The van der Waals surface area contributed by atoms with Crippen molar-refractivity contribution in [1.29, 1.82) is 0 Å². The standard InChI is InChI=1S/C10H9Cl2NO2/c1-15-10(14)6-4-7(11)8(5-2-3-5)13-9(6)12/h4-5H,2-3H2,1H3. The number of rotatable bonds is 2. The quantitative estimate of drug-likeness (QED) is 0.594. The Morgan fingerprint density at radius 2 is 2.20 bits per heavy atom. The van der Waals surface area contributed by atoms with E-state index in [1.807, 2.05) is 0 Å². The molecule has 1 heterocycles. The maximum atomic E-state index is 11.3. The Morgan fingerprint density at radius 1 is 1.53 bits per heavy atom. The second kappa shape index (κ2) is 3.99. The molecule has 80 valence electrons. The second-order valence-corrected chi connectivity index (χ2v) is 4.22. The van der Waals surface area contributed by atoms with E-state index in [0.717, 1.165) is 18.5 Å². The zero-order valence-electron chi connectivity index (χ0n) is 8.09. The molecule has 15 heavy (non-hydrogen) atoms. The molecule has 2 rings (SSSR count). The predicted molar refractivity (Wildman–Crippen MR) is 57.6 cm³/mol. The molecule has 0 aliphatic heterocycles. The van der Waals surface area contributed by atoms with Crippen molar-refractivity contribution in [3.63, 3.8) is 0 Å². The van der Waals surface area contributed by atoms with Crippen molar-refractivity contribution in [2.24, 2.45) is 0 Å². The summed E-state index contributed by atoms with van der Waals surface area (Å²) < 4.78 is 4.57. The third-order valence-corrected chi connectivity index (χ3v) is 2.92. The van der Waals surface area contributed by atoms with Crippen molar-refractivity contribution in [2.45, 2.75) is 18.8 Å². The van der Waals surface area contributed by atoms with Crippen molar-refractivity contribution in [1.82, 2.24) is 4.98 Å². The molecule has 0 amide bonds. The first kappa shape index (κ1) is 10.7. The molecule has 1 aliphatic carbocycles. The van der Waals surface area contributed by atoms with Gasteiger partial charge in [0.2, 0.25) is 0 Å². The van der Waals surface area contributed by atoms with Crippen LogP contribution in [0.3, 0.4) is 0 Å². The number of pyridine rings is 1. The van der Waals surface area contributed by atoms with E-state index in [2.05, 4.69) is 9.72 Å². The lowest BCUT2D eigenvalue weighted by molar-refractivity contribution is 0.0600. The zero-order valence-corrected chi connectivity index (χ0v) is 9.60. The number of hydrogen-bond donors (Lipinski definition) is 0. The Balaban J connectivity index is 2.42. The summed E-state index contributed by atoms with van der Waals surface area (Å²) in [4.78, 5) is 15.4. The van der Waals surface area contributed by atoms with E-state index in [-0.39, 0.29) is 10.7 Å². The summed E-state index contributed by atoms with van der Waals surface area (Å²) >= 11 is 11.9. The minimum atomic E-state index is -0.517. The third-order valence-electron chi connectivity index (χ3n) is 2.33. The fraction of sp³-hybridized carbons (Fsp3) is 0.400. The molecule has 1 aromatic rings. The van der Waals surface area contributed by atoms with Gasteiger partial charge in [0, 0.05) is 5.92 Å². The molecule has 0 atom stereocenters. The summed E-state index contributed by atoms with van der Waals surface area (Å²) in [6.07, 6.45) is 2.17. The van der Waals surface area contributed by atoms with Crippen LogP contribution in [0.25, 0.3) is 0 Å². The van der Waals surface area contributed by atoms with Gasteiger partial charge in [0.25, 0.3) is 0 Å². The van der Waals surface area contributed by atoms with Crippen LogP contribution in [0, 0.1) is 0 Å². The maximum Gasteiger partial charge on any atom is 0.341 e. The van der Waals surface area contributed by atoms with Gasteiger partial charge >= 0.3 is 5.97 Å². The lowest BCUT2D eigenvalue weighted by Gasteiger charge is -2.06. The normalized spacial score (nSPS) is 15.1. The molecule has 1 fully saturated rings. The fourth-order valence-electron chi connectivity index (χ4n) is 1.38. The van der Waals surface area contributed by atoms with E-state index in [4.69, 9.17) is 23.2 Å². The number of nitrogens with zero attached hydrogens (tertiary/aromatic N) is 1. The number of methoxy groups -OCH3 is 1. The summed E-state index contributed by atoms with van der Waals surface area (Å²) in [6, 6.07) is 1.52. The first-order valence-electron chi connectivity index (χ1n) is 4.57. The van der Waals surface area contributed by atoms with Gasteiger partial charge in [-0.05, 0) is 18.9 Å². The van der Waals surface area contributed by atoms with E-state index in [9.17, 15) is 4.79 Å². The van der Waals surface area contributed by atoms with Gasteiger partial charge in [0.1, 0.15) is 5.15 Å². The molecule has 3 nitrogen and oxygen atoms in total. The van der Waals surface area contributed by atoms with Gasteiger partial charge in [-0.3, -0.25) is 0 Å². The number of carbonyl (C=O) groups is 1. The highest BCUT2D eigenvalue weighted by Gasteiger charge is 2.29. The minimum absolute atomic E-state index is 0.160. The number of carbonyl (C=O) groups excluding carboxylic acids is 1. The molecule has 0 N–H and O–H groups in total. The highest BCUT2D eigenvalue weighted by atomic mass is 35.5. The van der Waals surface area contributed by atoms with Crippen LogP contribution in [0.5, 0.6) is 0 Å². The van der Waals surface area contributed by atoms with E-state index >= 15 is 0 Å². The Morgan fingerprint density at radius 3 is 2.73 bits per heavy atom. The number of hydrogen-bond acceptors (Lipinski definition) is 3. The Hall–Kier alpha value is -0.800. The van der Waals surface area contributed by atoms with Crippen LogP contribution in [-0.4, -0.2) is 18.1 Å². The van der Waals surface area contributed by atoms with Crippen molar-refractivity contribution >= 4 is 29.2 Å². The lowest BCUT2D eigenvalue weighted by atomic mass is 10.2. The molecule has 0 unspecified atom stereocenters. The van der Waals surface area contributed by atoms with Crippen LogP contribution >= 0.6 is 23.2 Å². The van der Waals surface area contributed by atoms with Crippen molar-refractivity contribution < 1.29 is 9.53 Å². The van der Waals surface area contributed by atoms with E-state index in [1.54, 1.807) is 0 Å². The second-order valence-electron chi connectivity index (χ2n) is 3.46. The summed E-state index contributed by atoms with van der Waals surface area (Å²) in [5, 5.41) is 0.649. The van der Waals surface area contributed by atoms with Gasteiger partial charge in [-0.2, -0.15) is 0 Å². The molecule has 0 spiro atoms. The lowest BCUT2D eigenvalue weighted by Crippen LogP contribution is -2.05. The summed E-state index contributed by atoms with van der Waals surface area (Å²) in [5.74, 6) is -0.113. The predicted octanol–water partition coefficient (Wildman–Crippen LogP) is 3.05. The first-order chi connectivity index (χ1) is 7.13. The van der Waals surface area contributed by atoms with Crippen LogP contribution in [0.4, 0.5) is 0 Å². The number of esters is 1. The monoisotopic (exact) mass is 245 g/mol.